The molecule has 3 N–H and O–H groups in total. The molecule has 84 valence electrons. The lowest BCUT2D eigenvalue weighted by Crippen LogP contribution is -2.36. The van der Waals surface area contributed by atoms with E-state index in [1.165, 1.54) is 5.57 Å². The fraction of sp³-hybridized carbons (Fsp3) is 0.455. The molecular weight excluding hydrogens is 204 g/mol. The first-order valence-electron chi connectivity index (χ1n) is 5.51. The Labute approximate surface area is 93.7 Å². The van der Waals surface area contributed by atoms with Crippen LogP contribution in [0.5, 0.6) is 0 Å². The van der Waals surface area contributed by atoms with Gasteiger partial charge >= 0.3 is 0 Å². The number of hydrogen-bond acceptors (Lipinski definition) is 4. The molecule has 3 rings (SSSR count). The Balaban J connectivity index is 1.94. The maximum absolute atomic E-state index is 11.3. The number of fused-ring (bicyclic) bond motifs is 2. The Hall–Kier alpha value is -1.78. The number of allylic oxidation sites excluding steroid dienone is 2. The second kappa shape index (κ2) is 3.37. The zero-order valence-corrected chi connectivity index (χ0v) is 8.94. The molecule has 1 fully saturated rings. The van der Waals surface area contributed by atoms with E-state index in [9.17, 15) is 4.79 Å². The first-order valence-corrected chi connectivity index (χ1v) is 5.51. The van der Waals surface area contributed by atoms with Gasteiger partial charge in [0.05, 0.1) is 5.92 Å². The lowest BCUT2D eigenvalue weighted by molar-refractivity contribution is -0.120. The van der Waals surface area contributed by atoms with Gasteiger partial charge in [0, 0.05) is 24.0 Å². The van der Waals surface area contributed by atoms with Crippen LogP contribution in [-0.4, -0.2) is 30.2 Å². The molecule has 0 aliphatic carbocycles. The van der Waals surface area contributed by atoms with Crippen molar-refractivity contribution in [3.63, 3.8) is 0 Å². The quantitative estimate of drug-likeness (QED) is 0.647. The first kappa shape index (κ1) is 9.45. The highest BCUT2D eigenvalue weighted by atomic mass is 16.1. The maximum atomic E-state index is 11.3. The molecule has 1 unspecified atom stereocenters. The fourth-order valence-corrected chi connectivity index (χ4v) is 2.59. The number of amides is 1. The first-order chi connectivity index (χ1) is 7.77. The van der Waals surface area contributed by atoms with E-state index >= 15 is 0 Å². The summed E-state index contributed by atoms with van der Waals surface area (Å²) >= 11 is 0. The third kappa shape index (κ3) is 1.24. The Morgan fingerprint density at radius 2 is 2.50 bits per heavy atom. The second-order valence-electron chi connectivity index (χ2n) is 4.25. The molecule has 1 amide bonds. The van der Waals surface area contributed by atoms with Gasteiger partial charge in [0.25, 0.3) is 0 Å². The number of nitrogens with zero attached hydrogens (tertiary/aromatic N) is 2. The molecule has 0 bridgehead atoms. The number of carbonyl (C=O) groups is 1. The molecule has 1 atom stereocenters. The molecule has 5 nitrogen and oxygen atoms in total. The smallest absolute Gasteiger partial charge is 0.226 e. The molecule has 5 heteroatoms. The van der Waals surface area contributed by atoms with Crippen LogP contribution in [0.2, 0.25) is 0 Å². The fourth-order valence-electron chi connectivity index (χ4n) is 2.59. The van der Waals surface area contributed by atoms with Crippen LogP contribution in [0.4, 0.5) is 0 Å². The topological polar surface area (TPSA) is 70.7 Å². The van der Waals surface area contributed by atoms with Gasteiger partial charge in [0.2, 0.25) is 5.91 Å². The van der Waals surface area contributed by atoms with Crippen molar-refractivity contribution in [2.75, 3.05) is 13.2 Å². The standard InChI is InChI=1S/C11H14N4O/c12-10(16)8-3-4-15-9(8)2-1-7-5-13-6-14-11(7)15/h2,5,8,14H,1,3-4,6H2,(H2,12,16). The molecule has 0 aromatic carbocycles. The molecule has 1 saturated heterocycles. The minimum atomic E-state index is -0.220. The highest BCUT2D eigenvalue weighted by Gasteiger charge is 2.36. The van der Waals surface area contributed by atoms with Gasteiger partial charge in [0.1, 0.15) is 12.5 Å². The molecule has 3 heterocycles. The summed E-state index contributed by atoms with van der Waals surface area (Å²) < 4.78 is 0. The third-order valence-electron chi connectivity index (χ3n) is 3.34. The molecule has 0 aromatic rings. The van der Waals surface area contributed by atoms with E-state index < -0.39 is 0 Å². The van der Waals surface area contributed by atoms with Crippen molar-refractivity contribution >= 4 is 12.1 Å². The van der Waals surface area contributed by atoms with Crippen molar-refractivity contribution in [3.8, 4) is 0 Å². The van der Waals surface area contributed by atoms with Gasteiger partial charge in [-0.15, -0.1) is 0 Å². The average Bonchev–Trinajstić information content (AvgIpc) is 2.73. The van der Waals surface area contributed by atoms with Crippen molar-refractivity contribution in [2.45, 2.75) is 12.8 Å². The van der Waals surface area contributed by atoms with E-state index in [1.54, 1.807) is 0 Å². The summed E-state index contributed by atoms with van der Waals surface area (Å²) in [7, 11) is 0. The Morgan fingerprint density at radius 3 is 3.31 bits per heavy atom. The number of nitrogens with one attached hydrogen (secondary N) is 1. The number of rotatable bonds is 1. The average molecular weight is 218 g/mol. The highest BCUT2D eigenvalue weighted by Crippen LogP contribution is 2.35. The van der Waals surface area contributed by atoms with Gasteiger partial charge in [-0.05, 0) is 12.8 Å². The second-order valence-corrected chi connectivity index (χ2v) is 4.25. The highest BCUT2D eigenvalue weighted by molar-refractivity contribution is 5.83. The molecule has 3 aliphatic heterocycles. The summed E-state index contributed by atoms with van der Waals surface area (Å²) in [6.07, 6.45) is 5.66. The van der Waals surface area contributed by atoms with Gasteiger partial charge in [-0.25, -0.2) is 0 Å². The van der Waals surface area contributed by atoms with Gasteiger partial charge in [-0.3, -0.25) is 9.79 Å². The van der Waals surface area contributed by atoms with Gasteiger partial charge in [-0.2, -0.15) is 0 Å². The molecule has 16 heavy (non-hydrogen) atoms. The van der Waals surface area contributed by atoms with Crippen molar-refractivity contribution in [2.24, 2.45) is 16.6 Å². The normalized spacial score (nSPS) is 27.1. The molecule has 0 radical (unpaired) electrons. The predicted octanol–water partition coefficient (Wildman–Crippen LogP) is -0.0757. The molecule has 3 aliphatic rings. The summed E-state index contributed by atoms with van der Waals surface area (Å²) in [6, 6.07) is 0. The molecule has 0 saturated carbocycles. The monoisotopic (exact) mass is 218 g/mol. The minimum absolute atomic E-state index is 0.116. The van der Waals surface area contributed by atoms with Crippen LogP contribution in [0.1, 0.15) is 12.8 Å². The van der Waals surface area contributed by atoms with E-state index in [-0.39, 0.29) is 11.8 Å². The minimum Gasteiger partial charge on any atom is -0.369 e. The Bertz CT molecular complexity index is 435. The van der Waals surface area contributed by atoms with Crippen LogP contribution in [0, 0.1) is 5.92 Å². The van der Waals surface area contributed by atoms with Crippen LogP contribution in [0.15, 0.2) is 28.2 Å². The van der Waals surface area contributed by atoms with Gasteiger partial charge in [0.15, 0.2) is 0 Å². The van der Waals surface area contributed by atoms with Crippen molar-refractivity contribution in [3.05, 3.63) is 23.2 Å². The SMILES string of the molecule is NC(=O)C1CCN2C1=CCC1=C2NCN=C1. The summed E-state index contributed by atoms with van der Waals surface area (Å²) in [6.45, 7) is 1.48. The van der Waals surface area contributed by atoms with E-state index in [0.29, 0.717) is 6.67 Å². The van der Waals surface area contributed by atoms with Crippen LogP contribution in [0.25, 0.3) is 0 Å². The number of hydrogen-bond donors (Lipinski definition) is 2. The van der Waals surface area contributed by atoms with E-state index in [2.05, 4.69) is 21.3 Å². The van der Waals surface area contributed by atoms with E-state index in [1.807, 2.05) is 6.21 Å². The molecular formula is C11H14N4O. The van der Waals surface area contributed by atoms with Crippen LogP contribution in [-0.2, 0) is 4.79 Å². The largest absolute Gasteiger partial charge is 0.369 e. The van der Waals surface area contributed by atoms with Crippen LogP contribution < -0.4 is 11.1 Å². The van der Waals surface area contributed by atoms with E-state index in [0.717, 1.165) is 30.9 Å². The third-order valence-corrected chi connectivity index (χ3v) is 3.34. The number of carbonyl (C=O) groups excluding carboxylic acids is 1. The van der Waals surface area contributed by atoms with Crippen molar-refractivity contribution in [1.82, 2.24) is 10.2 Å². The molecule has 0 aromatic heterocycles. The number of nitrogens with two attached hydrogens (primary N) is 1. The van der Waals surface area contributed by atoms with Crippen molar-refractivity contribution in [1.29, 1.82) is 0 Å². The zero-order chi connectivity index (χ0) is 11.1. The van der Waals surface area contributed by atoms with E-state index in [4.69, 9.17) is 5.73 Å². The summed E-state index contributed by atoms with van der Waals surface area (Å²) in [4.78, 5) is 17.7. The number of aliphatic imine (C=N–C) groups is 1. The number of primary amides is 1. The summed E-state index contributed by atoms with van der Waals surface area (Å²) in [5, 5.41) is 3.27. The zero-order valence-electron chi connectivity index (χ0n) is 8.94. The van der Waals surface area contributed by atoms with Crippen molar-refractivity contribution < 1.29 is 4.79 Å². The lowest BCUT2D eigenvalue weighted by Gasteiger charge is -2.32. The lowest BCUT2D eigenvalue weighted by atomic mass is 10.0. The predicted molar refractivity (Wildman–Crippen MR) is 60.2 cm³/mol. The van der Waals surface area contributed by atoms with Crippen LogP contribution in [0.3, 0.4) is 0 Å². The maximum Gasteiger partial charge on any atom is 0.226 e. The Morgan fingerprint density at radius 1 is 1.62 bits per heavy atom. The van der Waals surface area contributed by atoms with Gasteiger partial charge in [-0.1, -0.05) is 6.08 Å². The van der Waals surface area contributed by atoms with Crippen LogP contribution >= 0.6 is 0 Å². The van der Waals surface area contributed by atoms with Gasteiger partial charge < -0.3 is 16.0 Å². The molecule has 0 spiro atoms. The Kier molecular flexibility index (Phi) is 1.99. The summed E-state index contributed by atoms with van der Waals surface area (Å²) in [5.41, 5.74) is 7.66. The summed E-state index contributed by atoms with van der Waals surface area (Å²) in [5.74, 6) is 0.772.